The summed E-state index contributed by atoms with van der Waals surface area (Å²) >= 11 is 0. The molecular formula is C23H25N3O2. The third kappa shape index (κ3) is 4.31. The molecule has 1 unspecified atom stereocenters. The summed E-state index contributed by atoms with van der Waals surface area (Å²) in [6, 6.07) is 16.4. The maximum Gasteiger partial charge on any atom is 0.330 e. The molecule has 0 saturated carbocycles. The van der Waals surface area contributed by atoms with Crippen molar-refractivity contribution in [3.05, 3.63) is 66.4 Å². The monoisotopic (exact) mass is 375 g/mol. The van der Waals surface area contributed by atoms with Crippen LogP contribution in [0.25, 0.3) is 22.9 Å². The van der Waals surface area contributed by atoms with Gasteiger partial charge in [-0.1, -0.05) is 42.8 Å². The first kappa shape index (κ1) is 18.4. The summed E-state index contributed by atoms with van der Waals surface area (Å²) in [5.74, 6) is -0.315. The fourth-order valence-electron chi connectivity index (χ4n) is 3.66. The molecule has 1 N–H and O–H groups in total. The second kappa shape index (κ2) is 8.85. The fourth-order valence-corrected chi connectivity index (χ4v) is 3.66. The van der Waals surface area contributed by atoms with Crippen molar-refractivity contribution in [1.29, 1.82) is 0 Å². The lowest BCUT2D eigenvalue weighted by Crippen LogP contribution is -2.34. The molecule has 3 heterocycles. The minimum Gasteiger partial charge on any atom is -0.462 e. The van der Waals surface area contributed by atoms with Gasteiger partial charge in [-0.15, -0.1) is 0 Å². The second-order valence-electron chi connectivity index (χ2n) is 7.10. The maximum atomic E-state index is 12.2. The minimum absolute atomic E-state index is 0.315. The zero-order valence-electron chi connectivity index (χ0n) is 15.9. The molecule has 1 aliphatic heterocycles. The summed E-state index contributed by atoms with van der Waals surface area (Å²) in [6.45, 7) is 1.51. The summed E-state index contributed by atoms with van der Waals surface area (Å²) in [5, 5.41) is 8.16. The van der Waals surface area contributed by atoms with E-state index < -0.39 is 0 Å². The average Bonchev–Trinajstić information content (AvgIpc) is 3.12. The summed E-state index contributed by atoms with van der Waals surface area (Å²) < 4.78 is 7.24. The van der Waals surface area contributed by atoms with Crippen molar-refractivity contribution < 1.29 is 9.53 Å². The van der Waals surface area contributed by atoms with Crippen LogP contribution in [0.5, 0.6) is 0 Å². The third-order valence-corrected chi connectivity index (χ3v) is 5.13. The Labute approximate surface area is 165 Å². The first-order valence-electron chi connectivity index (χ1n) is 9.92. The van der Waals surface area contributed by atoms with Gasteiger partial charge in [-0.25, -0.2) is 9.31 Å². The highest BCUT2D eigenvalue weighted by Gasteiger charge is 2.14. The van der Waals surface area contributed by atoms with Crippen molar-refractivity contribution in [3.63, 3.8) is 0 Å². The standard InChI is InChI=1S/C23H25N3O2/c27-22(28-17-14-19-10-4-6-15-24-19)13-12-20-21-11-5-7-16-26(21)25-23(20)18-8-2-1-3-9-18/h1-3,5,7-9,11-13,16,19,24H,4,6,10,14-15,17H2/b13-12+. The van der Waals surface area contributed by atoms with Gasteiger partial charge in [0.2, 0.25) is 0 Å². The molecule has 144 valence electrons. The highest BCUT2D eigenvalue weighted by Crippen LogP contribution is 2.27. The SMILES string of the molecule is O=C(/C=C/c1c(-c2ccccc2)nn2ccccc12)OCCC1CCCCN1. The second-order valence-corrected chi connectivity index (χ2v) is 7.10. The number of rotatable bonds is 6. The molecule has 1 aromatic carbocycles. The quantitative estimate of drug-likeness (QED) is 0.521. The first-order valence-corrected chi connectivity index (χ1v) is 9.92. The number of nitrogens with one attached hydrogen (secondary N) is 1. The number of pyridine rings is 1. The van der Waals surface area contributed by atoms with Crippen molar-refractivity contribution in [3.8, 4) is 11.3 Å². The molecule has 1 saturated heterocycles. The van der Waals surface area contributed by atoms with E-state index in [-0.39, 0.29) is 5.97 Å². The largest absolute Gasteiger partial charge is 0.462 e. The molecule has 0 bridgehead atoms. The molecule has 4 rings (SSSR count). The van der Waals surface area contributed by atoms with E-state index in [4.69, 9.17) is 4.74 Å². The Hall–Kier alpha value is -2.92. The van der Waals surface area contributed by atoms with Crippen LogP contribution >= 0.6 is 0 Å². The Morgan fingerprint density at radius 1 is 1.18 bits per heavy atom. The third-order valence-electron chi connectivity index (χ3n) is 5.13. The van der Waals surface area contributed by atoms with Crippen LogP contribution in [0.4, 0.5) is 0 Å². The number of fused-ring (bicyclic) bond motifs is 1. The van der Waals surface area contributed by atoms with Crippen LogP contribution in [-0.2, 0) is 9.53 Å². The molecule has 5 heteroatoms. The predicted octanol–water partition coefficient (Wildman–Crippen LogP) is 4.09. The zero-order chi connectivity index (χ0) is 19.2. The van der Waals surface area contributed by atoms with Gasteiger partial charge in [0.25, 0.3) is 0 Å². The highest BCUT2D eigenvalue weighted by molar-refractivity contribution is 5.92. The fraction of sp³-hybridized carbons (Fsp3) is 0.304. The minimum atomic E-state index is -0.315. The van der Waals surface area contributed by atoms with Crippen LogP contribution in [0.15, 0.2) is 60.8 Å². The lowest BCUT2D eigenvalue weighted by Gasteiger charge is -2.22. The van der Waals surface area contributed by atoms with Crippen molar-refractivity contribution in [2.24, 2.45) is 0 Å². The molecule has 0 spiro atoms. The van der Waals surface area contributed by atoms with Crippen LogP contribution in [0.1, 0.15) is 31.2 Å². The van der Waals surface area contributed by atoms with Gasteiger partial charge in [0.05, 0.1) is 12.1 Å². The van der Waals surface area contributed by atoms with Gasteiger partial charge in [0.1, 0.15) is 5.69 Å². The number of carbonyl (C=O) groups excluding carboxylic acids is 1. The molecule has 28 heavy (non-hydrogen) atoms. The number of benzene rings is 1. The molecule has 0 aliphatic carbocycles. The summed E-state index contributed by atoms with van der Waals surface area (Å²) in [7, 11) is 0. The number of aromatic nitrogens is 2. The van der Waals surface area contributed by atoms with Crippen molar-refractivity contribution >= 4 is 17.6 Å². The van der Waals surface area contributed by atoms with E-state index >= 15 is 0 Å². The lowest BCUT2D eigenvalue weighted by atomic mass is 10.0. The van der Waals surface area contributed by atoms with Gasteiger partial charge in [0.15, 0.2) is 0 Å². The number of nitrogens with zero attached hydrogens (tertiary/aromatic N) is 2. The van der Waals surface area contributed by atoms with E-state index in [1.54, 1.807) is 0 Å². The number of carbonyl (C=O) groups is 1. The number of piperidine rings is 1. The summed E-state index contributed by atoms with van der Waals surface area (Å²) in [4.78, 5) is 12.2. The topological polar surface area (TPSA) is 55.6 Å². The Bertz CT molecular complexity index is 956. The summed E-state index contributed by atoms with van der Waals surface area (Å²) in [5.41, 5.74) is 3.74. The Balaban J connectivity index is 1.48. The van der Waals surface area contributed by atoms with E-state index in [0.717, 1.165) is 41.7 Å². The molecule has 1 atom stereocenters. The van der Waals surface area contributed by atoms with E-state index in [9.17, 15) is 4.79 Å². The molecule has 1 aliphatic rings. The molecule has 0 amide bonds. The van der Waals surface area contributed by atoms with Gasteiger partial charge >= 0.3 is 5.97 Å². The maximum absolute atomic E-state index is 12.2. The van der Waals surface area contributed by atoms with Gasteiger partial charge in [-0.05, 0) is 44.0 Å². The number of hydrogen-bond donors (Lipinski definition) is 1. The Kier molecular flexibility index (Phi) is 5.83. The van der Waals surface area contributed by atoms with Crippen LogP contribution in [0.3, 0.4) is 0 Å². The van der Waals surface area contributed by atoms with Crippen molar-refractivity contribution in [2.45, 2.75) is 31.7 Å². The average molecular weight is 375 g/mol. The highest BCUT2D eigenvalue weighted by atomic mass is 16.5. The molecular weight excluding hydrogens is 350 g/mol. The Morgan fingerprint density at radius 2 is 2.04 bits per heavy atom. The normalized spacial score (nSPS) is 17.2. The van der Waals surface area contributed by atoms with Gasteiger partial charge < -0.3 is 10.1 Å². The molecule has 2 aromatic heterocycles. The summed E-state index contributed by atoms with van der Waals surface area (Å²) in [6.07, 6.45) is 9.75. The van der Waals surface area contributed by atoms with E-state index in [0.29, 0.717) is 12.6 Å². The van der Waals surface area contributed by atoms with E-state index in [1.807, 2.05) is 65.3 Å². The molecule has 5 nitrogen and oxygen atoms in total. The van der Waals surface area contributed by atoms with Crippen LogP contribution in [-0.4, -0.2) is 34.8 Å². The Morgan fingerprint density at radius 3 is 2.86 bits per heavy atom. The molecule has 0 radical (unpaired) electrons. The van der Waals surface area contributed by atoms with E-state index in [2.05, 4.69) is 10.4 Å². The number of hydrogen-bond acceptors (Lipinski definition) is 4. The van der Waals surface area contributed by atoms with Gasteiger partial charge in [0, 0.05) is 29.4 Å². The van der Waals surface area contributed by atoms with Crippen LogP contribution in [0.2, 0.25) is 0 Å². The smallest absolute Gasteiger partial charge is 0.330 e. The number of esters is 1. The lowest BCUT2D eigenvalue weighted by molar-refractivity contribution is -0.137. The van der Waals surface area contributed by atoms with Gasteiger partial charge in [-0.2, -0.15) is 5.10 Å². The van der Waals surface area contributed by atoms with Crippen molar-refractivity contribution in [1.82, 2.24) is 14.9 Å². The van der Waals surface area contributed by atoms with Crippen LogP contribution < -0.4 is 5.32 Å². The predicted molar refractivity (Wildman–Crippen MR) is 111 cm³/mol. The van der Waals surface area contributed by atoms with Crippen molar-refractivity contribution in [2.75, 3.05) is 13.2 Å². The first-order chi connectivity index (χ1) is 13.8. The number of ether oxygens (including phenoxy) is 1. The van der Waals surface area contributed by atoms with Gasteiger partial charge in [-0.3, -0.25) is 0 Å². The zero-order valence-corrected chi connectivity index (χ0v) is 15.9. The van der Waals surface area contributed by atoms with Crippen LogP contribution in [0, 0.1) is 0 Å². The molecule has 1 fully saturated rings. The molecule has 3 aromatic rings. The van der Waals surface area contributed by atoms with E-state index in [1.165, 1.54) is 18.9 Å².